The third-order valence-electron chi connectivity index (χ3n) is 3.86. The van der Waals surface area contributed by atoms with E-state index in [-0.39, 0.29) is 18.5 Å². The molecule has 0 aliphatic heterocycles. The predicted molar refractivity (Wildman–Crippen MR) is 89.1 cm³/mol. The van der Waals surface area contributed by atoms with E-state index in [1.54, 1.807) is 6.92 Å². The summed E-state index contributed by atoms with van der Waals surface area (Å²) < 4.78 is 32.4. The van der Waals surface area contributed by atoms with E-state index in [9.17, 15) is 13.6 Å². The van der Waals surface area contributed by atoms with Gasteiger partial charge in [0.2, 0.25) is 0 Å². The second kappa shape index (κ2) is 7.25. The molecule has 128 valence electrons. The van der Waals surface area contributed by atoms with Crippen LogP contribution in [0, 0.1) is 18.6 Å². The van der Waals surface area contributed by atoms with Crippen molar-refractivity contribution in [2.75, 3.05) is 6.54 Å². The third-order valence-corrected chi connectivity index (χ3v) is 3.86. The largest absolute Gasteiger partial charge is 0.360 e. The maximum absolute atomic E-state index is 13.6. The lowest BCUT2D eigenvalue weighted by Gasteiger charge is -2.07. The first-order valence-corrected chi connectivity index (χ1v) is 7.80. The van der Waals surface area contributed by atoms with Crippen molar-refractivity contribution in [3.05, 3.63) is 77.1 Å². The van der Waals surface area contributed by atoms with Gasteiger partial charge in [-0.3, -0.25) is 4.79 Å². The molecule has 0 aliphatic rings. The Balaban J connectivity index is 1.73. The molecule has 6 heteroatoms. The van der Waals surface area contributed by atoms with E-state index in [2.05, 4.69) is 10.5 Å². The topological polar surface area (TPSA) is 55.1 Å². The molecule has 1 heterocycles. The van der Waals surface area contributed by atoms with Crippen molar-refractivity contribution in [2.24, 2.45) is 0 Å². The number of aromatic nitrogens is 1. The lowest BCUT2D eigenvalue weighted by Crippen LogP contribution is -2.27. The Morgan fingerprint density at radius 1 is 1.08 bits per heavy atom. The molecule has 0 fully saturated rings. The summed E-state index contributed by atoms with van der Waals surface area (Å²) >= 11 is 0. The lowest BCUT2D eigenvalue weighted by atomic mass is 10.1. The quantitative estimate of drug-likeness (QED) is 0.765. The number of hydrogen-bond acceptors (Lipinski definition) is 3. The molecule has 0 bridgehead atoms. The minimum absolute atomic E-state index is 0.0480. The van der Waals surface area contributed by atoms with Gasteiger partial charge in [0.05, 0.1) is 0 Å². The number of halogens is 2. The minimum Gasteiger partial charge on any atom is -0.360 e. The molecule has 4 nitrogen and oxygen atoms in total. The normalized spacial score (nSPS) is 10.7. The molecule has 0 radical (unpaired) electrons. The van der Waals surface area contributed by atoms with Crippen molar-refractivity contribution in [3.63, 3.8) is 0 Å². The van der Waals surface area contributed by atoms with Crippen LogP contribution in [0.3, 0.4) is 0 Å². The Kier molecular flexibility index (Phi) is 4.88. The number of benzene rings is 2. The van der Waals surface area contributed by atoms with Crippen LogP contribution in [0.4, 0.5) is 8.78 Å². The summed E-state index contributed by atoms with van der Waals surface area (Å²) in [4.78, 5) is 12.5. The first kappa shape index (κ1) is 16.8. The Bertz CT molecular complexity index is 871. The predicted octanol–water partition coefficient (Wildman–Crippen LogP) is 3.90. The summed E-state index contributed by atoms with van der Waals surface area (Å²) in [6.45, 7) is 1.74. The number of rotatable bonds is 5. The number of nitrogens with zero attached hydrogens (tertiary/aromatic N) is 1. The highest BCUT2D eigenvalue weighted by Crippen LogP contribution is 2.24. The van der Waals surface area contributed by atoms with E-state index in [1.165, 1.54) is 18.2 Å². The van der Waals surface area contributed by atoms with Crippen LogP contribution in [0.1, 0.15) is 21.7 Å². The molecule has 25 heavy (non-hydrogen) atoms. The summed E-state index contributed by atoms with van der Waals surface area (Å²) in [6, 6.07) is 12.9. The molecule has 2 aromatic carbocycles. The smallest absolute Gasteiger partial charge is 0.257 e. The molecule has 0 spiro atoms. The molecule has 0 saturated heterocycles. The van der Waals surface area contributed by atoms with Gasteiger partial charge in [-0.2, -0.15) is 0 Å². The fourth-order valence-electron chi connectivity index (χ4n) is 2.59. The van der Waals surface area contributed by atoms with Gasteiger partial charge in [-0.25, -0.2) is 8.78 Å². The van der Waals surface area contributed by atoms with Crippen LogP contribution in [0.15, 0.2) is 53.1 Å². The average molecular weight is 342 g/mol. The van der Waals surface area contributed by atoms with Gasteiger partial charge in [-0.15, -0.1) is 0 Å². The van der Waals surface area contributed by atoms with Crippen molar-refractivity contribution in [1.29, 1.82) is 0 Å². The van der Waals surface area contributed by atoms with E-state index in [1.807, 2.05) is 30.3 Å². The zero-order valence-corrected chi connectivity index (χ0v) is 13.6. The second-order valence-electron chi connectivity index (χ2n) is 5.53. The Labute approximate surface area is 143 Å². The van der Waals surface area contributed by atoms with Crippen LogP contribution in [-0.4, -0.2) is 17.6 Å². The zero-order chi connectivity index (χ0) is 17.8. The van der Waals surface area contributed by atoms with Crippen LogP contribution < -0.4 is 5.32 Å². The fourth-order valence-corrected chi connectivity index (χ4v) is 2.59. The Morgan fingerprint density at radius 3 is 2.44 bits per heavy atom. The van der Waals surface area contributed by atoms with Crippen molar-refractivity contribution in [3.8, 4) is 11.3 Å². The van der Waals surface area contributed by atoms with Gasteiger partial charge < -0.3 is 9.84 Å². The van der Waals surface area contributed by atoms with Gasteiger partial charge in [0.15, 0.2) is 0 Å². The number of aryl methyl sites for hydroxylation is 1. The summed E-state index contributed by atoms with van der Waals surface area (Å²) in [6.07, 6.45) is 0.0508. The Morgan fingerprint density at radius 2 is 1.76 bits per heavy atom. The maximum Gasteiger partial charge on any atom is 0.257 e. The van der Waals surface area contributed by atoms with E-state index < -0.39 is 17.5 Å². The van der Waals surface area contributed by atoms with Crippen molar-refractivity contribution < 1.29 is 18.1 Å². The van der Waals surface area contributed by atoms with Crippen LogP contribution in [0.2, 0.25) is 0 Å². The standard InChI is InChI=1S/C19H16F2N2O2/c1-12-17(18(23-25-12)13-6-3-2-4-7-13)19(24)22-11-10-14-15(20)8-5-9-16(14)21/h2-9H,10-11H2,1H3,(H,22,24). The highest BCUT2D eigenvalue weighted by atomic mass is 19.1. The molecule has 1 amide bonds. The molecule has 0 unspecified atom stereocenters. The van der Waals surface area contributed by atoms with Gasteiger partial charge >= 0.3 is 0 Å². The summed E-state index contributed by atoms with van der Waals surface area (Å²) in [5.41, 5.74) is 1.46. The van der Waals surface area contributed by atoms with E-state index in [4.69, 9.17) is 4.52 Å². The molecule has 0 atom stereocenters. The van der Waals surface area contributed by atoms with Crippen molar-refractivity contribution in [2.45, 2.75) is 13.3 Å². The van der Waals surface area contributed by atoms with Crippen LogP contribution in [0.5, 0.6) is 0 Å². The minimum atomic E-state index is -0.625. The van der Waals surface area contributed by atoms with Gasteiger partial charge in [0, 0.05) is 17.7 Å². The first-order valence-electron chi connectivity index (χ1n) is 7.80. The number of nitrogens with one attached hydrogen (secondary N) is 1. The van der Waals surface area contributed by atoms with Gasteiger partial charge in [0.1, 0.15) is 28.7 Å². The number of hydrogen-bond donors (Lipinski definition) is 1. The first-order chi connectivity index (χ1) is 12.1. The van der Waals surface area contributed by atoms with E-state index >= 15 is 0 Å². The summed E-state index contributed by atoms with van der Waals surface area (Å²) in [5.74, 6) is -1.26. The molecule has 3 aromatic rings. The molecular weight excluding hydrogens is 326 g/mol. The SMILES string of the molecule is Cc1onc(-c2ccccc2)c1C(=O)NCCc1c(F)cccc1F. The fraction of sp³-hybridized carbons (Fsp3) is 0.158. The number of carbonyl (C=O) groups excluding carboxylic acids is 1. The molecular formula is C19H16F2N2O2. The average Bonchev–Trinajstić information content (AvgIpc) is 3.00. The second-order valence-corrected chi connectivity index (χ2v) is 5.53. The Hall–Kier alpha value is -3.02. The number of amides is 1. The van der Waals surface area contributed by atoms with Crippen LogP contribution in [-0.2, 0) is 6.42 Å². The summed E-state index contributed by atoms with van der Waals surface area (Å²) in [7, 11) is 0. The highest BCUT2D eigenvalue weighted by molar-refractivity contribution is 6.00. The van der Waals surface area contributed by atoms with Crippen molar-refractivity contribution >= 4 is 5.91 Å². The van der Waals surface area contributed by atoms with Crippen LogP contribution in [0.25, 0.3) is 11.3 Å². The highest BCUT2D eigenvalue weighted by Gasteiger charge is 2.21. The molecule has 3 rings (SSSR count). The maximum atomic E-state index is 13.6. The molecule has 1 aromatic heterocycles. The van der Waals surface area contributed by atoms with Gasteiger partial charge in [0.25, 0.3) is 5.91 Å². The molecule has 0 saturated carbocycles. The van der Waals surface area contributed by atoms with E-state index in [0.717, 1.165) is 5.56 Å². The summed E-state index contributed by atoms with van der Waals surface area (Å²) in [5, 5.41) is 6.61. The van der Waals surface area contributed by atoms with Gasteiger partial charge in [-0.05, 0) is 25.5 Å². The van der Waals surface area contributed by atoms with Crippen LogP contribution >= 0.6 is 0 Å². The lowest BCUT2D eigenvalue weighted by molar-refractivity contribution is 0.0953. The zero-order valence-electron chi connectivity index (χ0n) is 13.6. The monoisotopic (exact) mass is 342 g/mol. The molecule has 1 N–H and O–H groups in total. The van der Waals surface area contributed by atoms with Gasteiger partial charge in [-0.1, -0.05) is 41.6 Å². The number of carbonyl (C=O) groups is 1. The molecule has 0 aliphatic carbocycles. The third kappa shape index (κ3) is 3.57. The van der Waals surface area contributed by atoms with E-state index in [0.29, 0.717) is 17.0 Å². The van der Waals surface area contributed by atoms with Crippen molar-refractivity contribution in [1.82, 2.24) is 10.5 Å².